The van der Waals surface area contributed by atoms with Gasteiger partial charge in [0, 0.05) is 45.9 Å². The molecule has 0 fully saturated rings. The second kappa shape index (κ2) is 13.3. The topological polar surface area (TPSA) is 59.0 Å². The Balaban J connectivity index is 2.40. The third kappa shape index (κ3) is 9.35. The van der Waals surface area contributed by atoms with E-state index in [0.29, 0.717) is 0 Å². The number of likely N-dealkylation sites (N-methyl/N-ethyl adjacent to an activating group) is 1. The fraction of sp³-hybridized carbons (Fsp3) is 0.684. The Morgan fingerprint density at radius 2 is 1.67 bits per heavy atom. The van der Waals surface area contributed by atoms with Crippen molar-refractivity contribution in [1.29, 1.82) is 0 Å². The predicted octanol–water partition coefficient (Wildman–Crippen LogP) is 1.29. The van der Waals surface area contributed by atoms with Crippen LogP contribution < -0.4 is 5.32 Å². The molecule has 0 saturated heterocycles. The summed E-state index contributed by atoms with van der Waals surface area (Å²) in [7, 11) is 2.14. The molecule has 0 bridgehead atoms. The summed E-state index contributed by atoms with van der Waals surface area (Å²) in [6.07, 6.45) is 1.65. The summed E-state index contributed by atoms with van der Waals surface area (Å²) < 4.78 is 0. The van der Waals surface area contributed by atoms with E-state index in [1.165, 1.54) is 11.1 Å². The maximum atomic E-state index is 8.99. The van der Waals surface area contributed by atoms with Crippen LogP contribution in [0, 0.1) is 0 Å². The first-order chi connectivity index (χ1) is 11.7. The number of aliphatic hydroxyl groups excluding tert-OH is 2. The maximum absolute atomic E-state index is 8.99. The summed E-state index contributed by atoms with van der Waals surface area (Å²) in [5.74, 6) is 0. The van der Waals surface area contributed by atoms with Crippen LogP contribution in [0.3, 0.4) is 0 Å². The Morgan fingerprint density at radius 3 is 2.33 bits per heavy atom. The number of hydrogen-bond donors (Lipinski definition) is 3. The van der Waals surface area contributed by atoms with Gasteiger partial charge in [-0.15, -0.1) is 0 Å². The predicted molar refractivity (Wildman–Crippen MR) is 100 cm³/mol. The third-order valence-electron chi connectivity index (χ3n) is 4.11. The summed E-state index contributed by atoms with van der Waals surface area (Å²) >= 11 is 0. The Bertz CT molecular complexity index is 429. The van der Waals surface area contributed by atoms with Crippen molar-refractivity contribution in [1.82, 2.24) is 15.1 Å². The summed E-state index contributed by atoms with van der Waals surface area (Å²) in [4.78, 5) is 4.68. The van der Waals surface area contributed by atoms with Gasteiger partial charge in [-0.05, 0) is 44.1 Å². The molecule has 5 nitrogen and oxygen atoms in total. The monoisotopic (exact) mass is 337 g/mol. The van der Waals surface area contributed by atoms with Gasteiger partial charge in [-0.3, -0.25) is 4.90 Å². The lowest BCUT2D eigenvalue weighted by molar-refractivity contribution is 0.225. The number of rotatable bonds is 14. The summed E-state index contributed by atoms with van der Waals surface area (Å²) in [6.45, 7) is 9.32. The van der Waals surface area contributed by atoms with Crippen LogP contribution >= 0.6 is 0 Å². The fourth-order valence-electron chi connectivity index (χ4n) is 2.72. The average Bonchev–Trinajstić information content (AvgIpc) is 2.58. The van der Waals surface area contributed by atoms with Gasteiger partial charge < -0.3 is 20.4 Å². The number of nitrogens with one attached hydrogen (secondary N) is 1. The van der Waals surface area contributed by atoms with Gasteiger partial charge in [0.1, 0.15) is 0 Å². The third-order valence-corrected chi connectivity index (χ3v) is 4.11. The highest BCUT2D eigenvalue weighted by atomic mass is 16.3. The van der Waals surface area contributed by atoms with Gasteiger partial charge in [0.05, 0.1) is 0 Å². The summed E-state index contributed by atoms with van der Waals surface area (Å²) in [5, 5.41) is 21.1. The molecule has 1 aromatic rings. The highest BCUT2D eigenvalue weighted by molar-refractivity contribution is 5.23. The van der Waals surface area contributed by atoms with E-state index in [1.54, 1.807) is 0 Å². The molecule has 0 spiro atoms. The van der Waals surface area contributed by atoms with Crippen molar-refractivity contribution in [3.8, 4) is 0 Å². The van der Waals surface area contributed by atoms with Crippen LogP contribution in [0.4, 0.5) is 0 Å². The van der Waals surface area contributed by atoms with Gasteiger partial charge >= 0.3 is 0 Å². The van der Waals surface area contributed by atoms with Crippen molar-refractivity contribution in [2.24, 2.45) is 0 Å². The number of aliphatic hydroxyl groups is 2. The molecule has 3 N–H and O–H groups in total. The molecule has 24 heavy (non-hydrogen) atoms. The Hall–Kier alpha value is -0.980. The minimum Gasteiger partial charge on any atom is -0.396 e. The Morgan fingerprint density at radius 1 is 0.958 bits per heavy atom. The standard InChI is InChI=1S/C19H35N3O2/c1-3-22(11-6-14-24)17-19-8-4-7-18(15-19)16-21(2)12-10-20-9-5-13-23/h4,7-8,15,20,23-24H,3,5-6,9-14,16-17H2,1-2H3. The van der Waals surface area contributed by atoms with Gasteiger partial charge in [-0.1, -0.05) is 31.2 Å². The second-order valence-corrected chi connectivity index (χ2v) is 6.33. The van der Waals surface area contributed by atoms with Crippen LogP contribution in [0.5, 0.6) is 0 Å². The molecular formula is C19H35N3O2. The molecule has 0 saturated carbocycles. The van der Waals surface area contributed by atoms with Gasteiger partial charge in [0.25, 0.3) is 0 Å². The molecule has 0 amide bonds. The molecule has 0 radical (unpaired) electrons. The molecule has 0 aliphatic carbocycles. The molecule has 0 unspecified atom stereocenters. The lowest BCUT2D eigenvalue weighted by Crippen LogP contribution is -2.29. The lowest BCUT2D eigenvalue weighted by atomic mass is 10.1. The first-order valence-electron chi connectivity index (χ1n) is 9.10. The van der Waals surface area contributed by atoms with Crippen LogP contribution in [0.2, 0.25) is 0 Å². The van der Waals surface area contributed by atoms with Gasteiger partial charge in [0.2, 0.25) is 0 Å². The lowest BCUT2D eigenvalue weighted by Gasteiger charge is -2.21. The van der Waals surface area contributed by atoms with Crippen molar-refractivity contribution in [3.63, 3.8) is 0 Å². The van der Waals surface area contributed by atoms with Crippen molar-refractivity contribution >= 4 is 0 Å². The van der Waals surface area contributed by atoms with Crippen LogP contribution in [-0.4, -0.2) is 73.0 Å². The molecular weight excluding hydrogens is 302 g/mol. The van der Waals surface area contributed by atoms with E-state index in [-0.39, 0.29) is 13.2 Å². The smallest absolute Gasteiger partial charge is 0.0443 e. The van der Waals surface area contributed by atoms with E-state index >= 15 is 0 Å². The number of hydrogen-bond acceptors (Lipinski definition) is 5. The van der Waals surface area contributed by atoms with Crippen molar-refractivity contribution in [2.75, 3.05) is 53.0 Å². The molecule has 5 heteroatoms. The Labute approximate surface area is 147 Å². The normalized spacial score (nSPS) is 11.6. The molecule has 0 aliphatic rings. The van der Waals surface area contributed by atoms with Gasteiger partial charge in [0.15, 0.2) is 0 Å². The fourth-order valence-corrected chi connectivity index (χ4v) is 2.72. The van der Waals surface area contributed by atoms with E-state index in [0.717, 1.165) is 58.7 Å². The molecule has 1 rings (SSSR count). The second-order valence-electron chi connectivity index (χ2n) is 6.33. The average molecular weight is 338 g/mol. The molecule has 0 atom stereocenters. The van der Waals surface area contributed by atoms with Gasteiger partial charge in [-0.2, -0.15) is 0 Å². The van der Waals surface area contributed by atoms with E-state index in [4.69, 9.17) is 10.2 Å². The minimum absolute atomic E-state index is 0.253. The molecule has 0 heterocycles. The van der Waals surface area contributed by atoms with Crippen LogP contribution in [0.15, 0.2) is 24.3 Å². The molecule has 0 aliphatic heterocycles. The SMILES string of the molecule is CCN(CCCO)Cc1cccc(CN(C)CCNCCCO)c1. The zero-order valence-electron chi connectivity index (χ0n) is 15.4. The molecule has 138 valence electrons. The summed E-state index contributed by atoms with van der Waals surface area (Å²) in [6, 6.07) is 8.79. The van der Waals surface area contributed by atoms with E-state index < -0.39 is 0 Å². The van der Waals surface area contributed by atoms with E-state index in [1.807, 2.05) is 0 Å². The van der Waals surface area contributed by atoms with E-state index in [2.05, 4.69) is 53.4 Å². The van der Waals surface area contributed by atoms with Crippen LogP contribution in [0.25, 0.3) is 0 Å². The zero-order valence-corrected chi connectivity index (χ0v) is 15.4. The molecule has 0 aromatic heterocycles. The number of nitrogens with zero attached hydrogens (tertiary/aromatic N) is 2. The van der Waals surface area contributed by atoms with Crippen molar-refractivity contribution in [3.05, 3.63) is 35.4 Å². The van der Waals surface area contributed by atoms with Crippen LogP contribution in [-0.2, 0) is 13.1 Å². The highest BCUT2D eigenvalue weighted by Crippen LogP contribution is 2.10. The number of benzene rings is 1. The quantitative estimate of drug-likeness (QED) is 0.447. The van der Waals surface area contributed by atoms with Crippen molar-refractivity contribution < 1.29 is 10.2 Å². The maximum Gasteiger partial charge on any atom is 0.0443 e. The van der Waals surface area contributed by atoms with Gasteiger partial charge in [-0.25, -0.2) is 0 Å². The van der Waals surface area contributed by atoms with E-state index in [9.17, 15) is 0 Å². The Kier molecular flexibility index (Phi) is 11.7. The molecule has 1 aromatic carbocycles. The minimum atomic E-state index is 0.253. The first-order valence-corrected chi connectivity index (χ1v) is 9.10. The largest absolute Gasteiger partial charge is 0.396 e. The van der Waals surface area contributed by atoms with Crippen molar-refractivity contribution in [2.45, 2.75) is 32.9 Å². The summed E-state index contributed by atoms with van der Waals surface area (Å²) in [5.41, 5.74) is 2.67. The first kappa shape index (κ1) is 21.1. The van der Waals surface area contributed by atoms with Crippen LogP contribution in [0.1, 0.15) is 30.9 Å². The highest BCUT2D eigenvalue weighted by Gasteiger charge is 2.05. The zero-order chi connectivity index (χ0) is 17.6.